The number of rotatable bonds is 5. The Labute approximate surface area is 163 Å². The summed E-state index contributed by atoms with van der Waals surface area (Å²) in [5.74, 6) is 2.48. The molecular formula is C23H20N2O3. The van der Waals surface area contributed by atoms with Gasteiger partial charge in [0.15, 0.2) is 0 Å². The summed E-state index contributed by atoms with van der Waals surface area (Å²) in [7, 11) is 3.30. The highest BCUT2D eigenvalue weighted by molar-refractivity contribution is 5.82. The zero-order chi connectivity index (χ0) is 19.5. The van der Waals surface area contributed by atoms with Crippen LogP contribution in [0.2, 0.25) is 0 Å². The number of phenolic OH excluding ortho intramolecular Hbond substituents is 1. The van der Waals surface area contributed by atoms with Crippen LogP contribution < -0.4 is 9.47 Å². The van der Waals surface area contributed by atoms with Crippen LogP contribution in [0.3, 0.4) is 0 Å². The summed E-state index contributed by atoms with van der Waals surface area (Å²) >= 11 is 0. The highest BCUT2D eigenvalue weighted by atomic mass is 16.5. The van der Waals surface area contributed by atoms with Gasteiger partial charge in [0.05, 0.1) is 25.6 Å². The Morgan fingerprint density at radius 2 is 1.36 bits per heavy atom. The van der Waals surface area contributed by atoms with Gasteiger partial charge in [-0.1, -0.05) is 24.3 Å². The summed E-state index contributed by atoms with van der Waals surface area (Å²) in [6, 6.07) is 22.6. The van der Waals surface area contributed by atoms with Crippen LogP contribution in [0.15, 0.2) is 72.8 Å². The minimum atomic E-state index is 0.219. The molecule has 4 aromatic rings. The van der Waals surface area contributed by atoms with Gasteiger partial charge in [0.1, 0.15) is 23.1 Å². The molecule has 5 nitrogen and oxygen atoms in total. The van der Waals surface area contributed by atoms with E-state index in [0.29, 0.717) is 0 Å². The van der Waals surface area contributed by atoms with Crippen molar-refractivity contribution in [1.29, 1.82) is 0 Å². The van der Waals surface area contributed by atoms with Crippen LogP contribution in [-0.4, -0.2) is 29.3 Å². The lowest BCUT2D eigenvalue weighted by molar-refractivity contribution is 0.415. The first kappa shape index (κ1) is 17.7. The largest absolute Gasteiger partial charge is 0.508 e. The van der Waals surface area contributed by atoms with E-state index in [1.165, 1.54) is 0 Å². The first-order valence-electron chi connectivity index (χ1n) is 8.86. The Bertz CT molecular complexity index is 1040. The van der Waals surface area contributed by atoms with Crippen molar-refractivity contribution < 1.29 is 14.6 Å². The quantitative estimate of drug-likeness (QED) is 0.509. The standard InChI is InChI=1S/C23H20N2O3/c1-27-19-7-3-5-16(13-19)21-22(17-6-4-8-20(14-17)28-2)25-23(24-21)15-9-11-18(26)12-10-15/h3-14,26H,1-2H3,(H,24,25). The number of benzene rings is 3. The molecule has 0 aliphatic rings. The van der Waals surface area contributed by atoms with Gasteiger partial charge >= 0.3 is 0 Å². The van der Waals surface area contributed by atoms with E-state index < -0.39 is 0 Å². The third-order valence-electron chi connectivity index (χ3n) is 4.55. The van der Waals surface area contributed by atoms with Crippen LogP contribution >= 0.6 is 0 Å². The van der Waals surface area contributed by atoms with Gasteiger partial charge in [-0.05, 0) is 48.5 Å². The van der Waals surface area contributed by atoms with Gasteiger partial charge < -0.3 is 19.6 Å². The lowest BCUT2D eigenvalue weighted by Gasteiger charge is -2.07. The number of imidazole rings is 1. The fourth-order valence-electron chi connectivity index (χ4n) is 3.10. The molecule has 0 unspecified atom stereocenters. The van der Waals surface area contributed by atoms with Crippen molar-refractivity contribution in [2.24, 2.45) is 0 Å². The lowest BCUT2D eigenvalue weighted by Crippen LogP contribution is -1.88. The average molecular weight is 372 g/mol. The topological polar surface area (TPSA) is 67.4 Å². The number of methoxy groups -OCH3 is 2. The molecule has 0 fully saturated rings. The van der Waals surface area contributed by atoms with Crippen LogP contribution in [0, 0.1) is 0 Å². The van der Waals surface area contributed by atoms with Crippen molar-refractivity contribution in [2.75, 3.05) is 14.2 Å². The third-order valence-corrected chi connectivity index (χ3v) is 4.55. The number of hydrogen-bond donors (Lipinski definition) is 2. The molecular weight excluding hydrogens is 352 g/mol. The summed E-state index contributed by atoms with van der Waals surface area (Å²) in [4.78, 5) is 8.29. The highest BCUT2D eigenvalue weighted by Gasteiger charge is 2.16. The van der Waals surface area contributed by atoms with E-state index in [1.54, 1.807) is 26.4 Å². The molecule has 2 N–H and O–H groups in total. The average Bonchev–Trinajstić information content (AvgIpc) is 3.20. The van der Waals surface area contributed by atoms with Gasteiger partial charge in [0.25, 0.3) is 0 Å². The molecule has 28 heavy (non-hydrogen) atoms. The van der Waals surface area contributed by atoms with E-state index in [4.69, 9.17) is 14.5 Å². The van der Waals surface area contributed by atoms with E-state index in [9.17, 15) is 5.11 Å². The Hall–Kier alpha value is -3.73. The number of ether oxygens (including phenoxy) is 2. The molecule has 0 saturated heterocycles. The normalized spacial score (nSPS) is 10.6. The number of aromatic amines is 1. The van der Waals surface area contributed by atoms with E-state index >= 15 is 0 Å². The first-order chi connectivity index (χ1) is 13.7. The van der Waals surface area contributed by atoms with Crippen LogP contribution in [0.1, 0.15) is 0 Å². The summed E-state index contributed by atoms with van der Waals surface area (Å²) in [6.07, 6.45) is 0. The van der Waals surface area contributed by atoms with Gasteiger partial charge in [-0.2, -0.15) is 0 Å². The Morgan fingerprint density at radius 1 is 0.750 bits per heavy atom. The Balaban J connectivity index is 1.90. The number of aromatic nitrogens is 2. The minimum Gasteiger partial charge on any atom is -0.508 e. The molecule has 4 rings (SSSR count). The maximum Gasteiger partial charge on any atom is 0.138 e. The Kier molecular flexibility index (Phi) is 4.72. The molecule has 0 radical (unpaired) electrons. The predicted molar refractivity (Wildman–Crippen MR) is 110 cm³/mol. The maximum atomic E-state index is 9.58. The molecule has 0 atom stereocenters. The number of phenols is 1. The molecule has 1 heterocycles. The van der Waals surface area contributed by atoms with Crippen molar-refractivity contribution in [2.45, 2.75) is 0 Å². The van der Waals surface area contributed by atoms with Crippen LogP contribution in [0.25, 0.3) is 33.9 Å². The molecule has 0 spiro atoms. The number of hydrogen-bond acceptors (Lipinski definition) is 4. The van der Waals surface area contributed by atoms with E-state index in [2.05, 4.69) is 4.98 Å². The molecule has 5 heteroatoms. The summed E-state index contributed by atoms with van der Waals surface area (Å²) in [6.45, 7) is 0. The molecule has 0 amide bonds. The van der Waals surface area contributed by atoms with Gasteiger partial charge in [-0.15, -0.1) is 0 Å². The Morgan fingerprint density at radius 3 is 2.00 bits per heavy atom. The number of H-pyrrole nitrogens is 1. The SMILES string of the molecule is COc1cccc(-c2nc(-c3ccc(O)cc3)[nH]c2-c2cccc(OC)c2)c1. The van der Waals surface area contributed by atoms with E-state index in [0.717, 1.165) is 45.4 Å². The second kappa shape index (κ2) is 7.48. The molecule has 0 bridgehead atoms. The smallest absolute Gasteiger partial charge is 0.138 e. The highest BCUT2D eigenvalue weighted by Crippen LogP contribution is 2.35. The van der Waals surface area contributed by atoms with E-state index in [1.807, 2.05) is 60.7 Å². The van der Waals surface area contributed by atoms with Crippen molar-refractivity contribution >= 4 is 0 Å². The van der Waals surface area contributed by atoms with Gasteiger partial charge in [-0.3, -0.25) is 0 Å². The molecule has 0 saturated carbocycles. The van der Waals surface area contributed by atoms with Gasteiger partial charge in [0, 0.05) is 16.7 Å². The maximum absolute atomic E-state index is 9.58. The van der Waals surface area contributed by atoms with Crippen molar-refractivity contribution in [3.63, 3.8) is 0 Å². The predicted octanol–water partition coefficient (Wildman–Crippen LogP) is 5.13. The number of aromatic hydroxyl groups is 1. The molecule has 3 aromatic carbocycles. The van der Waals surface area contributed by atoms with Gasteiger partial charge in [0.2, 0.25) is 0 Å². The summed E-state index contributed by atoms with van der Waals surface area (Å²) < 4.78 is 10.8. The summed E-state index contributed by atoms with van der Waals surface area (Å²) in [5, 5.41) is 9.58. The lowest BCUT2D eigenvalue weighted by atomic mass is 10.0. The second-order valence-corrected chi connectivity index (χ2v) is 6.32. The molecule has 0 aliphatic carbocycles. The van der Waals surface area contributed by atoms with Crippen LogP contribution in [0.5, 0.6) is 17.2 Å². The molecule has 1 aromatic heterocycles. The van der Waals surface area contributed by atoms with Gasteiger partial charge in [-0.25, -0.2) is 4.98 Å². The minimum absolute atomic E-state index is 0.219. The summed E-state index contributed by atoms with van der Waals surface area (Å²) in [5.41, 5.74) is 4.50. The van der Waals surface area contributed by atoms with Crippen LogP contribution in [-0.2, 0) is 0 Å². The zero-order valence-electron chi connectivity index (χ0n) is 15.6. The van der Waals surface area contributed by atoms with Crippen molar-refractivity contribution in [1.82, 2.24) is 9.97 Å². The fraction of sp³-hybridized carbons (Fsp3) is 0.0870. The number of nitrogens with one attached hydrogen (secondary N) is 1. The first-order valence-corrected chi connectivity index (χ1v) is 8.86. The molecule has 0 aliphatic heterocycles. The van der Waals surface area contributed by atoms with E-state index in [-0.39, 0.29) is 5.75 Å². The second-order valence-electron chi connectivity index (χ2n) is 6.32. The molecule has 140 valence electrons. The van der Waals surface area contributed by atoms with Crippen LogP contribution in [0.4, 0.5) is 0 Å². The van der Waals surface area contributed by atoms with Crippen molar-refractivity contribution in [3.05, 3.63) is 72.8 Å². The third kappa shape index (κ3) is 3.42. The number of nitrogens with zero attached hydrogens (tertiary/aromatic N) is 1. The fourth-order valence-corrected chi connectivity index (χ4v) is 3.10. The van der Waals surface area contributed by atoms with Crippen molar-refractivity contribution in [3.8, 4) is 51.2 Å². The zero-order valence-corrected chi connectivity index (χ0v) is 15.6. The monoisotopic (exact) mass is 372 g/mol.